The lowest BCUT2D eigenvalue weighted by Gasteiger charge is -2.26. The van der Waals surface area contributed by atoms with Crippen molar-refractivity contribution in [3.63, 3.8) is 0 Å². The molecule has 1 unspecified atom stereocenters. The normalized spacial score (nSPS) is 17.0. The number of ketones is 1. The first-order valence-electron chi connectivity index (χ1n) is 11.9. The number of halogens is 1. The number of hydrogen-bond acceptors (Lipinski definition) is 5. The van der Waals surface area contributed by atoms with Crippen molar-refractivity contribution in [2.45, 2.75) is 19.4 Å². The van der Waals surface area contributed by atoms with Crippen molar-refractivity contribution in [1.29, 1.82) is 0 Å². The smallest absolute Gasteiger partial charge is 0.295 e. The van der Waals surface area contributed by atoms with Crippen LogP contribution in [-0.2, 0) is 16.0 Å². The van der Waals surface area contributed by atoms with E-state index >= 15 is 0 Å². The van der Waals surface area contributed by atoms with Gasteiger partial charge >= 0.3 is 0 Å². The summed E-state index contributed by atoms with van der Waals surface area (Å²) < 4.78 is 19.0. The number of hydrogen-bond donors (Lipinski definition) is 3. The first-order chi connectivity index (χ1) is 17.9. The number of H-pyrrole nitrogens is 1. The first kappa shape index (κ1) is 24.1. The van der Waals surface area contributed by atoms with Gasteiger partial charge in [-0.15, -0.1) is 0 Å². The molecule has 1 fully saturated rings. The van der Waals surface area contributed by atoms with Crippen molar-refractivity contribution in [2.24, 2.45) is 0 Å². The Morgan fingerprint density at radius 1 is 1.08 bits per heavy atom. The Labute approximate surface area is 212 Å². The highest BCUT2D eigenvalue weighted by Crippen LogP contribution is 2.42. The number of rotatable bonds is 7. The molecule has 1 aliphatic rings. The summed E-state index contributed by atoms with van der Waals surface area (Å²) in [6, 6.07) is 16.5. The quantitative estimate of drug-likeness (QED) is 0.187. The number of phenolic OH excluding ortho intramolecular Hbond substituents is 1. The van der Waals surface area contributed by atoms with Gasteiger partial charge in [-0.3, -0.25) is 9.59 Å². The highest BCUT2D eigenvalue weighted by Gasteiger charge is 2.46. The van der Waals surface area contributed by atoms with E-state index in [1.165, 1.54) is 35.2 Å². The van der Waals surface area contributed by atoms with E-state index in [1.54, 1.807) is 19.1 Å². The molecule has 0 aliphatic carbocycles. The number of aliphatic hydroxyl groups excluding tert-OH is 1. The maximum absolute atomic E-state index is 13.5. The molecular formula is C29H25FN2O5. The number of nitrogens with one attached hydrogen (secondary N) is 1. The van der Waals surface area contributed by atoms with Crippen LogP contribution in [0.2, 0.25) is 0 Å². The van der Waals surface area contributed by atoms with Crippen molar-refractivity contribution < 1.29 is 28.9 Å². The van der Waals surface area contributed by atoms with Gasteiger partial charge < -0.3 is 24.8 Å². The molecular weight excluding hydrogens is 475 g/mol. The van der Waals surface area contributed by atoms with Gasteiger partial charge in [0.2, 0.25) is 0 Å². The summed E-state index contributed by atoms with van der Waals surface area (Å²) in [4.78, 5) is 31.2. The molecule has 8 heteroatoms. The van der Waals surface area contributed by atoms with Crippen LogP contribution in [-0.4, -0.2) is 44.9 Å². The molecule has 3 N–H and O–H groups in total. The first-order valence-corrected chi connectivity index (χ1v) is 11.9. The van der Waals surface area contributed by atoms with Gasteiger partial charge in [-0.2, -0.15) is 0 Å². The Morgan fingerprint density at radius 3 is 2.59 bits per heavy atom. The molecule has 188 valence electrons. The van der Waals surface area contributed by atoms with Crippen LogP contribution in [0.25, 0.3) is 16.7 Å². The standard InChI is InChI=1S/C29H25FN2O5/c1-2-37-24-15-18(9-12-23(24)33)26-25(27(34)17-7-10-20(30)11-8-17)28(35)29(36)32(26)14-13-19-16-31-22-6-4-3-5-21(19)22/h3-12,15-16,26,31,33-34H,2,13-14H2,1H3. The number of carbonyl (C=O) groups excluding carboxylic acids is 2. The van der Waals surface area contributed by atoms with Crippen LogP contribution < -0.4 is 4.74 Å². The zero-order chi connectivity index (χ0) is 26.1. The molecule has 3 aromatic carbocycles. The molecule has 37 heavy (non-hydrogen) atoms. The van der Waals surface area contributed by atoms with Crippen LogP contribution in [0.1, 0.15) is 29.7 Å². The second kappa shape index (κ2) is 9.81. The molecule has 0 radical (unpaired) electrons. The van der Waals surface area contributed by atoms with E-state index in [2.05, 4.69) is 4.98 Å². The summed E-state index contributed by atoms with van der Waals surface area (Å²) in [5.41, 5.74) is 2.54. The van der Waals surface area contributed by atoms with Crippen LogP contribution in [0.4, 0.5) is 4.39 Å². The fourth-order valence-corrected chi connectivity index (χ4v) is 4.77. The van der Waals surface area contributed by atoms with Crippen LogP contribution in [0.5, 0.6) is 11.5 Å². The van der Waals surface area contributed by atoms with E-state index in [0.29, 0.717) is 18.6 Å². The fraction of sp³-hybridized carbons (Fsp3) is 0.172. The molecule has 0 bridgehead atoms. The number of aromatic amines is 1. The number of aromatic nitrogens is 1. The summed E-state index contributed by atoms with van der Waals surface area (Å²) in [7, 11) is 0. The van der Waals surface area contributed by atoms with Gasteiger partial charge in [-0.1, -0.05) is 24.3 Å². The Morgan fingerprint density at radius 2 is 1.84 bits per heavy atom. The molecule has 1 aromatic heterocycles. The molecule has 7 nitrogen and oxygen atoms in total. The van der Waals surface area contributed by atoms with Crippen LogP contribution in [0, 0.1) is 5.82 Å². The number of amides is 1. The predicted octanol–water partition coefficient (Wildman–Crippen LogP) is 5.08. The molecule has 0 spiro atoms. The van der Waals surface area contributed by atoms with Crippen LogP contribution in [0.3, 0.4) is 0 Å². The van der Waals surface area contributed by atoms with Gasteiger partial charge in [-0.05, 0) is 66.9 Å². The number of phenols is 1. The number of aliphatic hydroxyl groups is 1. The number of Topliss-reactive ketones (excluding diaryl/α,β-unsaturated/α-hetero) is 1. The van der Waals surface area contributed by atoms with Crippen LogP contribution >= 0.6 is 0 Å². The summed E-state index contributed by atoms with van der Waals surface area (Å²) in [6.07, 6.45) is 2.34. The minimum absolute atomic E-state index is 0.0834. The average Bonchev–Trinajstić information content (AvgIpc) is 3.42. The largest absolute Gasteiger partial charge is 0.507 e. The second-order valence-electron chi connectivity index (χ2n) is 8.77. The van der Waals surface area contributed by atoms with Crippen molar-refractivity contribution in [3.8, 4) is 11.5 Å². The number of para-hydroxylation sites is 1. The van der Waals surface area contributed by atoms with Crippen LogP contribution in [0.15, 0.2) is 78.5 Å². The van der Waals surface area contributed by atoms with Crippen molar-refractivity contribution in [1.82, 2.24) is 9.88 Å². The summed E-state index contributed by atoms with van der Waals surface area (Å²) in [6.45, 7) is 2.27. The molecule has 1 atom stereocenters. The third-order valence-corrected chi connectivity index (χ3v) is 6.55. The lowest BCUT2D eigenvalue weighted by molar-refractivity contribution is -0.139. The van der Waals surface area contributed by atoms with E-state index in [0.717, 1.165) is 16.5 Å². The van der Waals surface area contributed by atoms with E-state index in [-0.39, 0.29) is 29.2 Å². The molecule has 5 rings (SSSR count). The van der Waals surface area contributed by atoms with Crippen molar-refractivity contribution >= 4 is 28.4 Å². The molecule has 1 amide bonds. The van der Waals surface area contributed by atoms with E-state index in [4.69, 9.17) is 4.74 Å². The Kier molecular flexibility index (Phi) is 6.40. The van der Waals surface area contributed by atoms with E-state index < -0.39 is 29.3 Å². The highest BCUT2D eigenvalue weighted by molar-refractivity contribution is 6.46. The Hall–Kier alpha value is -4.59. The number of nitrogens with zero attached hydrogens (tertiary/aromatic N) is 1. The Bertz CT molecular complexity index is 1520. The number of aromatic hydroxyl groups is 1. The van der Waals surface area contributed by atoms with Crippen molar-refractivity contribution in [2.75, 3.05) is 13.2 Å². The zero-order valence-electron chi connectivity index (χ0n) is 20.1. The summed E-state index contributed by atoms with van der Waals surface area (Å²) in [5.74, 6) is -2.36. The maximum atomic E-state index is 13.5. The number of benzene rings is 3. The molecule has 1 saturated heterocycles. The number of fused-ring (bicyclic) bond motifs is 1. The zero-order valence-corrected chi connectivity index (χ0v) is 20.1. The lowest BCUT2D eigenvalue weighted by atomic mass is 9.94. The van der Waals surface area contributed by atoms with E-state index in [1.807, 2.05) is 30.5 Å². The summed E-state index contributed by atoms with van der Waals surface area (Å²) in [5, 5.41) is 22.4. The monoisotopic (exact) mass is 500 g/mol. The minimum Gasteiger partial charge on any atom is -0.507 e. The van der Waals surface area contributed by atoms with E-state index in [9.17, 15) is 24.2 Å². The Balaban J connectivity index is 1.59. The minimum atomic E-state index is -0.935. The van der Waals surface area contributed by atoms with Gasteiger partial charge in [0, 0.05) is 29.2 Å². The molecule has 1 aliphatic heterocycles. The van der Waals surface area contributed by atoms with Gasteiger partial charge in [0.05, 0.1) is 18.2 Å². The van der Waals surface area contributed by atoms with Gasteiger partial charge in [0.25, 0.3) is 11.7 Å². The second-order valence-corrected chi connectivity index (χ2v) is 8.77. The third-order valence-electron chi connectivity index (χ3n) is 6.55. The van der Waals surface area contributed by atoms with Gasteiger partial charge in [-0.25, -0.2) is 4.39 Å². The summed E-state index contributed by atoms with van der Waals surface area (Å²) >= 11 is 0. The third kappa shape index (κ3) is 4.42. The van der Waals surface area contributed by atoms with Gasteiger partial charge in [0.15, 0.2) is 11.5 Å². The SMILES string of the molecule is CCOc1cc(C2C(=C(O)c3ccc(F)cc3)C(=O)C(=O)N2CCc2c[nH]c3ccccc23)ccc1O. The fourth-order valence-electron chi connectivity index (χ4n) is 4.77. The average molecular weight is 501 g/mol. The topological polar surface area (TPSA) is 103 Å². The maximum Gasteiger partial charge on any atom is 0.295 e. The number of likely N-dealkylation sites (tertiary alicyclic amines) is 1. The number of carbonyl (C=O) groups is 2. The van der Waals surface area contributed by atoms with Crippen molar-refractivity contribution in [3.05, 3.63) is 101 Å². The lowest BCUT2D eigenvalue weighted by Crippen LogP contribution is -2.31. The number of ether oxygens (including phenoxy) is 1. The highest BCUT2D eigenvalue weighted by atomic mass is 19.1. The molecule has 0 saturated carbocycles. The predicted molar refractivity (Wildman–Crippen MR) is 137 cm³/mol. The molecule has 2 heterocycles. The van der Waals surface area contributed by atoms with Gasteiger partial charge in [0.1, 0.15) is 11.6 Å². The molecule has 4 aromatic rings.